The highest BCUT2D eigenvalue weighted by atomic mass is 32.1. The summed E-state index contributed by atoms with van der Waals surface area (Å²) in [6.45, 7) is 7.14. The van der Waals surface area contributed by atoms with E-state index < -0.39 is 0 Å². The number of rotatable bonds is 7. The fraction of sp³-hybridized carbons (Fsp3) is 0.529. The first kappa shape index (κ1) is 15.2. The lowest BCUT2D eigenvalue weighted by atomic mass is 10.1. The molecule has 3 rings (SSSR count). The van der Waals surface area contributed by atoms with Crippen molar-refractivity contribution < 1.29 is 0 Å². The van der Waals surface area contributed by atoms with Crippen molar-refractivity contribution in [3.63, 3.8) is 0 Å². The van der Waals surface area contributed by atoms with Crippen molar-refractivity contribution in [3.05, 3.63) is 44.8 Å². The van der Waals surface area contributed by atoms with Crippen LogP contribution < -0.4 is 5.32 Å². The Morgan fingerprint density at radius 1 is 1.29 bits per heavy atom. The maximum atomic E-state index is 3.84. The topological polar surface area (TPSA) is 15.3 Å². The molecule has 1 saturated heterocycles. The molecule has 1 fully saturated rings. The summed E-state index contributed by atoms with van der Waals surface area (Å²) in [4.78, 5) is 5.50. The van der Waals surface area contributed by atoms with E-state index in [1.54, 1.807) is 0 Å². The van der Waals surface area contributed by atoms with Crippen molar-refractivity contribution in [1.82, 2.24) is 10.2 Å². The minimum atomic E-state index is 0.472. The van der Waals surface area contributed by atoms with Crippen molar-refractivity contribution in [2.45, 2.75) is 25.8 Å². The Bertz CT molecular complexity index is 507. The minimum Gasteiger partial charge on any atom is -0.309 e. The van der Waals surface area contributed by atoms with Crippen LogP contribution >= 0.6 is 22.7 Å². The second-order valence-corrected chi connectivity index (χ2v) is 7.82. The Hall–Kier alpha value is -0.680. The van der Waals surface area contributed by atoms with E-state index in [0.717, 1.165) is 18.9 Å². The lowest BCUT2D eigenvalue weighted by molar-refractivity contribution is 0.335. The van der Waals surface area contributed by atoms with Gasteiger partial charge in [-0.25, -0.2) is 0 Å². The summed E-state index contributed by atoms with van der Waals surface area (Å²) >= 11 is 3.74. The monoisotopic (exact) mass is 320 g/mol. The highest BCUT2D eigenvalue weighted by Gasteiger charge is 2.22. The van der Waals surface area contributed by atoms with E-state index in [4.69, 9.17) is 0 Å². The number of hydrogen-bond acceptors (Lipinski definition) is 4. The lowest BCUT2D eigenvalue weighted by Gasteiger charge is -2.20. The van der Waals surface area contributed by atoms with Crippen molar-refractivity contribution >= 4 is 22.7 Å². The predicted molar refractivity (Wildman–Crippen MR) is 93.3 cm³/mol. The summed E-state index contributed by atoms with van der Waals surface area (Å²) in [6, 6.07) is 9.31. The van der Waals surface area contributed by atoms with Gasteiger partial charge in [0.05, 0.1) is 0 Å². The van der Waals surface area contributed by atoms with E-state index in [1.807, 2.05) is 22.7 Å². The van der Waals surface area contributed by atoms with Crippen molar-refractivity contribution in [1.29, 1.82) is 0 Å². The fourth-order valence-corrected chi connectivity index (χ4v) is 4.62. The van der Waals surface area contributed by atoms with Gasteiger partial charge in [0.25, 0.3) is 0 Å². The van der Waals surface area contributed by atoms with Gasteiger partial charge in [0.15, 0.2) is 0 Å². The second-order valence-electron chi connectivity index (χ2n) is 5.81. The van der Waals surface area contributed by atoms with Crippen LogP contribution in [0.5, 0.6) is 0 Å². The van der Waals surface area contributed by atoms with Gasteiger partial charge in [-0.3, -0.25) is 0 Å². The molecule has 0 bridgehead atoms. The Kier molecular flexibility index (Phi) is 5.47. The third-order valence-electron chi connectivity index (χ3n) is 4.34. The largest absolute Gasteiger partial charge is 0.309 e. The van der Waals surface area contributed by atoms with Crippen LogP contribution in [0.1, 0.15) is 29.1 Å². The molecule has 1 aliphatic heterocycles. The van der Waals surface area contributed by atoms with Crippen LogP contribution in [0.4, 0.5) is 0 Å². The molecule has 2 nitrogen and oxygen atoms in total. The molecule has 114 valence electrons. The summed E-state index contributed by atoms with van der Waals surface area (Å²) < 4.78 is 0. The van der Waals surface area contributed by atoms with Gasteiger partial charge >= 0.3 is 0 Å². The normalized spacial score (nSPS) is 20.9. The second kappa shape index (κ2) is 7.54. The molecule has 0 spiro atoms. The first-order chi connectivity index (χ1) is 10.3. The van der Waals surface area contributed by atoms with Gasteiger partial charge in [-0.15, -0.1) is 22.7 Å². The lowest BCUT2D eigenvalue weighted by Crippen LogP contribution is -2.30. The molecule has 0 amide bonds. The van der Waals surface area contributed by atoms with E-state index in [0.29, 0.717) is 6.04 Å². The van der Waals surface area contributed by atoms with Gasteiger partial charge in [-0.2, -0.15) is 0 Å². The first-order valence-corrected chi connectivity index (χ1v) is 9.62. The Labute approximate surface area is 135 Å². The molecule has 0 aliphatic carbocycles. The summed E-state index contributed by atoms with van der Waals surface area (Å²) in [5.74, 6) is 0.816. The van der Waals surface area contributed by atoms with Crippen LogP contribution in [0.25, 0.3) is 0 Å². The maximum absolute atomic E-state index is 3.84. The number of nitrogens with zero attached hydrogens (tertiary/aromatic N) is 1. The molecule has 0 radical (unpaired) electrons. The molecule has 21 heavy (non-hydrogen) atoms. The number of nitrogens with one attached hydrogen (secondary N) is 1. The summed E-state index contributed by atoms with van der Waals surface area (Å²) in [5, 5.41) is 8.20. The molecular formula is C17H24N2S2. The van der Waals surface area contributed by atoms with E-state index >= 15 is 0 Å². The minimum absolute atomic E-state index is 0.472. The number of likely N-dealkylation sites (tertiary alicyclic amines) is 1. The molecule has 4 heteroatoms. The van der Waals surface area contributed by atoms with E-state index in [1.165, 1.54) is 35.8 Å². The van der Waals surface area contributed by atoms with E-state index in [-0.39, 0.29) is 0 Å². The number of hydrogen-bond donors (Lipinski definition) is 1. The molecule has 2 aromatic rings. The van der Waals surface area contributed by atoms with Crippen molar-refractivity contribution in [2.24, 2.45) is 5.92 Å². The Balaban J connectivity index is 1.58. The predicted octanol–water partition coefficient (Wildman–Crippen LogP) is 4.02. The molecule has 1 aliphatic rings. The van der Waals surface area contributed by atoms with Gasteiger partial charge in [0.2, 0.25) is 0 Å². The standard InChI is InChI=1S/C17H24N2S2/c1-2-19-8-7-14(13-19)12-18-16(17-6-4-10-21-17)11-15-5-3-9-20-15/h3-6,9-10,14,16,18H,2,7-8,11-13H2,1H3. The zero-order valence-corrected chi connectivity index (χ0v) is 14.3. The quantitative estimate of drug-likeness (QED) is 0.829. The van der Waals surface area contributed by atoms with Crippen LogP contribution in [-0.2, 0) is 6.42 Å². The van der Waals surface area contributed by atoms with Crippen molar-refractivity contribution in [3.8, 4) is 0 Å². The maximum Gasteiger partial charge on any atom is 0.0463 e. The Morgan fingerprint density at radius 3 is 2.81 bits per heavy atom. The van der Waals surface area contributed by atoms with Gasteiger partial charge in [-0.1, -0.05) is 19.1 Å². The van der Waals surface area contributed by atoms with Crippen molar-refractivity contribution in [2.75, 3.05) is 26.2 Å². The summed E-state index contributed by atoms with van der Waals surface area (Å²) in [5.41, 5.74) is 0. The highest BCUT2D eigenvalue weighted by molar-refractivity contribution is 7.10. The van der Waals surface area contributed by atoms with Gasteiger partial charge in [-0.05, 0) is 54.9 Å². The van der Waals surface area contributed by atoms with Crippen LogP contribution in [0, 0.1) is 5.92 Å². The van der Waals surface area contributed by atoms with Crippen LogP contribution in [0.15, 0.2) is 35.0 Å². The van der Waals surface area contributed by atoms with Crippen LogP contribution in [-0.4, -0.2) is 31.1 Å². The van der Waals surface area contributed by atoms with Crippen LogP contribution in [0.2, 0.25) is 0 Å². The molecule has 2 aromatic heterocycles. The molecule has 2 atom stereocenters. The molecule has 3 heterocycles. The Morgan fingerprint density at radius 2 is 2.14 bits per heavy atom. The molecule has 2 unspecified atom stereocenters. The summed E-state index contributed by atoms with van der Waals surface area (Å²) in [7, 11) is 0. The average Bonchev–Trinajstić information content (AvgIpc) is 3.24. The molecule has 1 N–H and O–H groups in total. The zero-order valence-electron chi connectivity index (χ0n) is 12.6. The number of thiophene rings is 2. The first-order valence-electron chi connectivity index (χ1n) is 7.86. The third kappa shape index (κ3) is 4.16. The van der Waals surface area contributed by atoms with Gasteiger partial charge in [0.1, 0.15) is 0 Å². The third-order valence-corrected chi connectivity index (χ3v) is 6.23. The highest BCUT2D eigenvalue weighted by Crippen LogP contribution is 2.26. The van der Waals surface area contributed by atoms with Gasteiger partial charge in [0, 0.05) is 28.8 Å². The SMILES string of the molecule is CCN1CCC(CNC(Cc2cccs2)c2cccs2)C1. The summed E-state index contributed by atoms with van der Waals surface area (Å²) in [6.07, 6.45) is 2.46. The zero-order chi connectivity index (χ0) is 14.5. The smallest absolute Gasteiger partial charge is 0.0463 e. The van der Waals surface area contributed by atoms with E-state index in [9.17, 15) is 0 Å². The van der Waals surface area contributed by atoms with Crippen LogP contribution in [0.3, 0.4) is 0 Å². The van der Waals surface area contributed by atoms with Gasteiger partial charge < -0.3 is 10.2 Å². The fourth-order valence-electron chi connectivity index (χ4n) is 3.07. The van der Waals surface area contributed by atoms with E-state index in [2.05, 4.69) is 52.2 Å². The molecular weight excluding hydrogens is 296 g/mol. The molecule has 0 saturated carbocycles. The average molecular weight is 321 g/mol. The molecule has 0 aromatic carbocycles.